The summed E-state index contributed by atoms with van der Waals surface area (Å²) < 4.78 is 0. The molecule has 9 heavy (non-hydrogen) atoms. The molecule has 1 atom stereocenters. The van der Waals surface area contributed by atoms with Gasteiger partial charge in [0.05, 0.1) is 9.52 Å². The highest BCUT2D eigenvalue weighted by molar-refractivity contribution is 6.46. The van der Waals surface area contributed by atoms with Crippen LogP contribution in [0.2, 0.25) is 6.04 Å². The van der Waals surface area contributed by atoms with E-state index in [1.807, 2.05) is 0 Å². The predicted molar refractivity (Wildman–Crippen MR) is 48.7 cm³/mol. The van der Waals surface area contributed by atoms with E-state index in [2.05, 4.69) is 19.9 Å². The van der Waals surface area contributed by atoms with Gasteiger partial charge in [-0.1, -0.05) is 11.3 Å². The summed E-state index contributed by atoms with van der Waals surface area (Å²) in [4.78, 5) is 0. The zero-order valence-electron chi connectivity index (χ0n) is 6.52. The molecular weight excluding hydrogens is 144 g/mol. The van der Waals surface area contributed by atoms with E-state index in [4.69, 9.17) is 5.11 Å². The van der Waals surface area contributed by atoms with Gasteiger partial charge in [0.1, 0.15) is 0 Å². The van der Waals surface area contributed by atoms with Crippen LogP contribution in [0.4, 0.5) is 0 Å². The minimum absolute atomic E-state index is 0.0477. The van der Waals surface area contributed by atoms with Crippen molar-refractivity contribution in [1.82, 2.24) is 0 Å². The summed E-state index contributed by atoms with van der Waals surface area (Å²) in [5.74, 6) is 0. The largest absolute Gasteiger partial charge is 0.398 e. The molecule has 0 aromatic rings. The molecule has 0 amide bonds. The molecule has 0 aromatic heterocycles. The van der Waals surface area contributed by atoms with E-state index in [1.165, 1.54) is 5.20 Å². The summed E-state index contributed by atoms with van der Waals surface area (Å²) in [5, 5.41) is 10.5. The molecule has 0 radical (unpaired) electrons. The van der Waals surface area contributed by atoms with Crippen LogP contribution in [-0.4, -0.2) is 30.6 Å². The van der Waals surface area contributed by atoms with Crippen molar-refractivity contribution in [3.63, 3.8) is 0 Å². The Hall–Kier alpha value is 0.134. The molecule has 1 N–H and O–H groups in total. The lowest BCUT2D eigenvalue weighted by Crippen LogP contribution is -2.09. The van der Waals surface area contributed by atoms with Gasteiger partial charge in [0.2, 0.25) is 0 Å². The molecule has 0 aliphatic heterocycles. The van der Waals surface area contributed by atoms with Gasteiger partial charge in [0.25, 0.3) is 0 Å². The van der Waals surface area contributed by atoms with Crippen LogP contribution >= 0.6 is 0 Å². The topological polar surface area (TPSA) is 20.2 Å². The molecule has 0 saturated heterocycles. The third-order valence-corrected chi connectivity index (χ3v) is 5.50. The molecule has 0 aliphatic carbocycles. The van der Waals surface area contributed by atoms with Crippen LogP contribution in [0.15, 0.2) is 11.3 Å². The maximum atomic E-state index is 8.97. The Kier molecular flexibility index (Phi) is 5.04. The van der Waals surface area contributed by atoms with Crippen molar-refractivity contribution in [3.05, 3.63) is 11.3 Å². The van der Waals surface area contributed by atoms with Crippen molar-refractivity contribution in [2.45, 2.75) is 25.6 Å². The quantitative estimate of drug-likeness (QED) is 0.535. The highest BCUT2D eigenvalue weighted by atomic mass is 28.2. The second kappa shape index (κ2) is 4.96. The van der Waals surface area contributed by atoms with E-state index in [-0.39, 0.29) is 15.2 Å². The van der Waals surface area contributed by atoms with Crippen LogP contribution in [-0.2, 0) is 0 Å². The lowest BCUT2D eigenvalue weighted by atomic mass is 10.6. The van der Waals surface area contributed by atoms with Crippen LogP contribution in [0.5, 0.6) is 0 Å². The molecule has 1 nitrogen and oxygen atoms in total. The summed E-state index contributed by atoms with van der Waals surface area (Å²) in [6.07, 6.45) is 2.16. The lowest BCUT2D eigenvalue weighted by Gasteiger charge is -2.01. The van der Waals surface area contributed by atoms with Crippen LogP contribution in [0.25, 0.3) is 0 Å². The van der Waals surface area contributed by atoms with Gasteiger partial charge in [0, 0.05) is 16.0 Å². The Labute approximate surface area is 62.4 Å². The van der Waals surface area contributed by atoms with E-state index >= 15 is 0 Å². The minimum atomic E-state index is -0.0660. The minimum Gasteiger partial charge on any atom is -0.398 e. The van der Waals surface area contributed by atoms with Crippen molar-refractivity contribution in [2.75, 3.05) is 0 Å². The Morgan fingerprint density at radius 2 is 2.44 bits per heavy atom. The van der Waals surface area contributed by atoms with Crippen LogP contribution in [0, 0.1) is 0 Å². The number of aliphatic hydroxyl groups is 1. The fraction of sp³-hybridized carbons (Fsp3) is 0.667. The van der Waals surface area contributed by atoms with Crippen molar-refractivity contribution in [3.8, 4) is 0 Å². The maximum Gasteiger partial charge on any atom is 0.0509 e. The van der Waals surface area contributed by atoms with Crippen molar-refractivity contribution in [1.29, 1.82) is 0 Å². The standard InChI is InChI=1S/C6H16OSi2/c1-3-5(2)9-4-6(7)8/h3,6-7H,4,9H2,1-2,8H3. The lowest BCUT2D eigenvalue weighted by molar-refractivity contribution is 0.276. The SMILES string of the molecule is CC=C(C)[SiH2]CC(O)[SiH3]. The first-order chi connectivity index (χ1) is 4.16. The summed E-state index contributed by atoms with van der Waals surface area (Å²) >= 11 is 0. The Balaban J connectivity index is 3.28. The summed E-state index contributed by atoms with van der Waals surface area (Å²) in [5.41, 5.74) is 0.0477. The van der Waals surface area contributed by atoms with Gasteiger partial charge in [-0.05, 0) is 19.9 Å². The van der Waals surface area contributed by atoms with Crippen LogP contribution in [0.1, 0.15) is 13.8 Å². The van der Waals surface area contributed by atoms with Gasteiger partial charge in [-0.3, -0.25) is 0 Å². The number of hydrogen-bond acceptors (Lipinski definition) is 1. The normalized spacial score (nSPS) is 17.4. The van der Waals surface area contributed by atoms with Gasteiger partial charge >= 0.3 is 0 Å². The molecular formula is C6H16OSi2. The molecule has 0 aliphatic rings. The number of hydrogen-bond donors (Lipinski definition) is 1. The van der Waals surface area contributed by atoms with E-state index in [0.29, 0.717) is 0 Å². The average molecular weight is 160 g/mol. The second-order valence-corrected chi connectivity index (χ2v) is 6.05. The molecule has 3 heteroatoms. The number of rotatable bonds is 3. The summed E-state index contributed by atoms with van der Waals surface area (Å²) in [7, 11) is 0.874. The third-order valence-electron chi connectivity index (χ3n) is 1.45. The molecule has 54 valence electrons. The zero-order valence-corrected chi connectivity index (χ0v) is 9.93. The monoisotopic (exact) mass is 160 g/mol. The highest BCUT2D eigenvalue weighted by Gasteiger charge is 1.95. The Morgan fingerprint density at radius 3 is 2.78 bits per heavy atom. The molecule has 0 aromatic carbocycles. The Bertz CT molecular complexity index is 99.2. The van der Waals surface area contributed by atoms with E-state index in [1.54, 1.807) is 0 Å². The summed E-state index contributed by atoms with van der Waals surface area (Å²) in [6, 6.07) is 1.09. The van der Waals surface area contributed by atoms with E-state index < -0.39 is 0 Å². The fourth-order valence-electron chi connectivity index (χ4n) is 0.581. The molecule has 0 saturated carbocycles. The van der Waals surface area contributed by atoms with Crippen LogP contribution in [0.3, 0.4) is 0 Å². The van der Waals surface area contributed by atoms with Crippen molar-refractivity contribution < 1.29 is 5.11 Å². The molecule has 0 heterocycles. The first kappa shape index (κ1) is 9.13. The van der Waals surface area contributed by atoms with Gasteiger partial charge in [-0.2, -0.15) is 0 Å². The summed E-state index contributed by atoms with van der Waals surface area (Å²) in [6.45, 7) is 4.23. The average Bonchev–Trinajstić information content (AvgIpc) is 1.83. The molecule has 0 rings (SSSR count). The molecule has 0 spiro atoms. The fourth-order valence-corrected chi connectivity index (χ4v) is 2.61. The molecule has 1 unspecified atom stereocenters. The van der Waals surface area contributed by atoms with Crippen molar-refractivity contribution >= 4 is 19.8 Å². The van der Waals surface area contributed by atoms with Gasteiger partial charge in [-0.15, -0.1) is 0 Å². The first-order valence-corrected chi connectivity index (χ1v) is 6.33. The maximum absolute atomic E-state index is 8.97. The number of aliphatic hydroxyl groups excluding tert-OH is 1. The second-order valence-electron chi connectivity index (χ2n) is 2.52. The third kappa shape index (κ3) is 6.01. The van der Waals surface area contributed by atoms with E-state index in [0.717, 1.165) is 16.3 Å². The van der Waals surface area contributed by atoms with Gasteiger partial charge < -0.3 is 5.11 Å². The molecule has 0 bridgehead atoms. The number of allylic oxidation sites excluding steroid dienone is 2. The van der Waals surface area contributed by atoms with E-state index in [9.17, 15) is 0 Å². The van der Waals surface area contributed by atoms with Gasteiger partial charge in [-0.25, -0.2) is 0 Å². The van der Waals surface area contributed by atoms with Crippen LogP contribution < -0.4 is 0 Å². The smallest absolute Gasteiger partial charge is 0.0509 e. The highest BCUT2D eigenvalue weighted by Crippen LogP contribution is 1.94. The molecule has 0 fully saturated rings. The Morgan fingerprint density at radius 1 is 1.89 bits per heavy atom. The predicted octanol–water partition coefficient (Wildman–Crippen LogP) is -0.819. The van der Waals surface area contributed by atoms with Gasteiger partial charge in [0.15, 0.2) is 0 Å². The first-order valence-electron chi connectivity index (χ1n) is 3.46. The van der Waals surface area contributed by atoms with Crippen molar-refractivity contribution in [2.24, 2.45) is 0 Å². The zero-order chi connectivity index (χ0) is 7.28.